The molecular weight excluding hydrogens is 371 g/mol. The number of hydrogen-bond acceptors (Lipinski definition) is 3. The van der Waals surface area contributed by atoms with Gasteiger partial charge in [0.05, 0.1) is 19.8 Å². The predicted octanol–water partition coefficient (Wildman–Crippen LogP) is 4.08. The molecule has 3 nitrogen and oxygen atoms in total. The van der Waals surface area contributed by atoms with Crippen LogP contribution in [0.25, 0.3) is 0 Å². The predicted molar refractivity (Wildman–Crippen MR) is 94.8 cm³/mol. The van der Waals surface area contributed by atoms with Gasteiger partial charge in [0.15, 0.2) is 0 Å². The summed E-state index contributed by atoms with van der Waals surface area (Å²) in [5.41, 5.74) is 11.3. The van der Waals surface area contributed by atoms with Crippen LogP contribution in [-0.2, 0) is 0 Å². The molecule has 0 spiro atoms. The van der Waals surface area contributed by atoms with Gasteiger partial charge in [-0.3, -0.25) is 4.99 Å². The second-order valence-corrected chi connectivity index (χ2v) is 7.06. The highest BCUT2D eigenvalue weighted by molar-refractivity contribution is 6.14. The van der Waals surface area contributed by atoms with Gasteiger partial charge in [-0.25, -0.2) is 0 Å². The summed E-state index contributed by atoms with van der Waals surface area (Å²) in [7, 11) is 5.94. The number of rotatable bonds is 7. The summed E-state index contributed by atoms with van der Waals surface area (Å²) in [6.07, 6.45) is -8.32. The Labute approximate surface area is 157 Å². The highest BCUT2D eigenvalue weighted by atomic mass is 19.4. The van der Waals surface area contributed by atoms with Crippen LogP contribution >= 0.6 is 0 Å². The standard InChI is InChI=1S/C17H26BF6N3/c1-3-9(16(19,20)21)5-12(25)14-7-11(18)8-15(27-14)13(26)6-10(4-2)17(22,23)24/h3,10-13,15H,4-8,25-26H2,1-2H3/b9-3+. The van der Waals surface area contributed by atoms with Crippen molar-refractivity contribution in [1.82, 2.24) is 0 Å². The zero-order valence-corrected chi connectivity index (χ0v) is 15.4. The smallest absolute Gasteiger partial charge is 0.326 e. The van der Waals surface area contributed by atoms with E-state index in [2.05, 4.69) is 4.99 Å². The van der Waals surface area contributed by atoms with Crippen molar-refractivity contribution in [2.24, 2.45) is 22.4 Å². The van der Waals surface area contributed by atoms with Crippen molar-refractivity contribution < 1.29 is 26.3 Å². The molecule has 0 fully saturated rings. The third kappa shape index (κ3) is 7.14. The molecule has 0 bridgehead atoms. The molecule has 1 heterocycles. The summed E-state index contributed by atoms with van der Waals surface area (Å²) >= 11 is 0. The van der Waals surface area contributed by atoms with Gasteiger partial charge in [0.25, 0.3) is 0 Å². The Morgan fingerprint density at radius 2 is 1.85 bits per heavy atom. The molecule has 0 aromatic heterocycles. The minimum Gasteiger partial charge on any atom is -0.326 e. The maximum absolute atomic E-state index is 13.0. The maximum Gasteiger partial charge on any atom is 0.412 e. The minimum absolute atomic E-state index is 0.109. The molecular formula is C17H26BF6N3. The number of halogens is 6. The molecule has 5 atom stereocenters. The zero-order valence-electron chi connectivity index (χ0n) is 15.4. The normalized spacial score (nSPS) is 25.7. The van der Waals surface area contributed by atoms with E-state index in [1.165, 1.54) is 13.8 Å². The van der Waals surface area contributed by atoms with E-state index >= 15 is 0 Å². The highest BCUT2D eigenvalue weighted by Gasteiger charge is 2.41. The summed E-state index contributed by atoms with van der Waals surface area (Å²) in [6, 6.07) is -2.59. The molecule has 1 aliphatic rings. The largest absolute Gasteiger partial charge is 0.412 e. The molecule has 10 heteroatoms. The molecule has 27 heavy (non-hydrogen) atoms. The highest BCUT2D eigenvalue weighted by Crippen LogP contribution is 2.35. The SMILES string of the molecule is [B]C1CC(C(N)C/C(=C\C)C(F)(F)F)=NC(C(N)CC(CC)C(F)(F)F)C1. The lowest BCUT2D eigenvalue weighted by molar-refractivity contribution is -0.178. The number of nitrogens with two attached hydrogens (primary N) is 2. The first-order chi connectivity index (χ1) is 12.3. The van der Waals surface area contributed by atoms with E-state index in [-0.39, 0.29) is 31.4 Å². The molecule has 0 amide bonds. The Morgan fingerprint density at radius 1 is 1.26 bits per heavy atom. The zero-order chi connectivity index (χ0) is 21.0. The second kappa shape index (κ2) is 9.45. The van der Waals surface area contributed by atoms with Crippen LogP contribution in [-0.4, -0.2) is 44.0 Å². The van der Waals surface area contributed by atoms with E-state index in [0.717, 1.165) is 6.08 Å². The van der Waals surface area contributed by atoms with Gasteiger partial charge in [-0.1, -0.05) is 18.8 Å². The molecule has 1 aliphatic heterocycles. The van der Waals surface area contributed by atoms with Gasteiger partial charge in [0.2, 0.25) is 0 Å². The molecule has 0 aliphatic carbocycles. The molecule has 154 valence electrons. The van der Waals surface area contributed by atoms with Crippen molar-refractivity contribution in [2.75, 3.05) is 0 Å². The van der Waals surface area contributed by atoms with Gasteiger partial charge in [-0.2, -0.15) is 26.3 Å². The third-order valence-corrected chi connectivity index (χ3v) is 4.93. The van der Waals surface area contributed by atoms with Crippen LogP contribution < -0.4 is 11.5 Å². The van der Waals surface area contributed by atoms with Gasteiger partial charge in [-0.15, -0.1) is 0 Å². The Hall–Kier alpha value is -1.03. The molecule has 2 radical (unpaired) electrons. The summed E-state index contributed by atoms with van der Waals surface area (Å²) < 4.78 is 77.7. The fourth-order valence-electron chi connectivity index (χ4n) is 3.27. The van der Waals surface area contributed by atoms with Gasteiger partial charge in [0, 0.05) is 23.4 Å². The molecule has 1 rings (SSSR count). The van der Waals surface area contributed by atoms with Crippen LogP contribution in [0.4, 0.5) is 26.3 Å². The summed E-state index contributed by atoms with van der Waals surface area (Å²) in [4.78, 5) is 4.30. The molecule has 0 saturated carbocycles. The summed E-state index contributed by atoms with van der Waals surface area (Å²) in [6.45, 7) is 2.70. The van der Waals surface area contributed by atoms with Crippen LogP contribution in [0.1, 0.15) is 46.0 Å². The lowest BCUT2D eigenvalue weighted by Gasteiger charge is -2.33. The number of nitrogens with zero attached hydrogens (tertiary/aromatic N) is 1. The first kappa shape index (κ1) is 24.0. The van der Waals surface area contributed by atoms with Gasteiger partial charge in [0.1, 0.15) is 0 Å². The second-order valence-electron chi connectivity index (χ2n) is 7.06. The third-order valence-electron chi connectivity index (χ3n) is 4.93. The van der Waals surface area contributed by atoms with Crippen LogP contribution in [0.15, 0.2) is 16.6 Å². The van der Waals surface area contributed by atoms with Crippen molar-refractivity contribution in [1.29, 1.82) is 0 Å². The van der Waals surface area contributed by atoms with Crippen molar-refractivity contribution in [2.45, 2.75) is 82.2 Å². The van der Waals surface area contributed by atoms with E-state index in [9.17, 15) is 26.3 Å². The number of aliphatic imine (C=N–C) groups is 1. The quantitative estimate of drug-likeness (QED) is 0.386. The van der Waals surface area contributed by atoms with Gasteiger partial charge < -0.3 is 11.5 Å². The summed E-state index contributed by atoms with van der Waals surface area (Å²) in [5.74, 6) is -2.01. The first-order valence-corrected chi connectivity index (χ1v) is 8.91. The van der Waals surface area contributed by atoms with Crippen LogP contribution in [0.5, 0.6) is 0 Å². The molecule has 0 saturated heterocycles. The summed E-state index contributed by atoms with van der Waals surface area (Å²) in [5, 5.41) is 0. The van der Waals surface area contributed by atoms with Gasteiger partial charge >= 0.3 is 12.4 Å². The van der Waals surface area contributed by atoms with Crippen LogP contribution in [0.3, 0.4) is 0 Å². The minimum atomic E-state index is -4.50. The van der Waals surface area contributed by atoms with E-state index < -0.39 is 54.2 Å². The van der Waals surface area contributed by atoms with E-state index in [1.807, 2.05) is 0 Å². The topological polar surface area (TPSA) is 64.4 Å². The fraction of sp³-hybridized carbons (Fsp3) is 0.824. The molecule has 0 aromatic carbocycles. The van der Waals surface area contributed by atoms with Crippen molar-refractivity contribution in [3.63, 3.8) is 0 Å². The molecule has 0 aromatic rings. The van der Waals surface area contributed by atoms with E-state index in [1.54, 1.807) is 0 Å². The lowest BCUT2D eigenvalue weighted by Crippen LogP contribution is -2.44. The fourth-order valence-corrected chi connectivity index (χ4v) is 3.27. The molecule has 5 unspecified atom stereocenters. The Balaban J connectivity index is 2.92. The van der Waals surface area contributed by atoms with E-state index in [0.29, 0.717) is 0 Å². The Bertz CT molecular complexity index is 544. The average Bonchev–Trinajstić information content (AvgIpc) is 2.54. The average molecular weight is 397 g/mol. The van der Waals surface area contributed by atoms with Crippen molar-refractivity contribution in [3.8, 4) is 0 Å². The number of alkyl halides is 6. The number of allylic oxidation sites excluding steroid dienone is 1. The van der Waals surface area contributed by atoms with Crippen LogP contribution in [0.2, 0.25) is 5.82 Å². The van der Waals surface area contributed by atoms with Gasteiger partial charge in [-0.05, 0) is 39.0 Å². The number of hydrogen-bond donors (Lipinski definition) is 2. The maximum atomic E-state index is 13.0. The first-order valence-electron chi connectivity index (χ1n) is 8.91. The van der Waals surface area contributed by atoms with E-state index in [4.69, 9.17) is 19.3 Å². The van der Waals surface area contributed by atoms with Crippen molar-refractivity contribution >= 4 is 13.6 Å². The molecule has 4 N–H and O–H groups in total. The monoisotopic (exact) mass is 397 g/mol. The van der Waals surface area contributed by atoms with Crippen molar-refractivity contribution in [3.05, 3.63) is 11.6 Å². The Kier molecular flexibility index (Phi) is 8.41. The van der Waals surface area contributed by atoms with Crippen LogP contribution in [0, 0.1) is 5.92 Å². The lowest BCUT2D eigenvalue weighted by atomic mass is 9.73. The Morgan fingerprint density at radius 3 is 2.30 bits per heavy atom.